The molecule has 0 bridgehead atoms. The molecule has 0 aliphatic carbocycles. The van der Waals surface area contributed by atoms with Crippen LogP contribution in [-0.2, 0) is 0 Å². The average molecular weight is 366 g/mol. The summed E-state index contributed by atoms with van der Waals surface area (Å²) in [5, 5.41) is 5.82. The largest absolute Gasteiger partial charge is 0.451 e. The first-order valence-electron chi connectivity index (χ1n) is 7.75. The Morgan fingerprint density at radius 3 is 2.88 bits per heavy atom. The van der Waals surface area contributed by atoms with E-state index >= 15 is 0 Å². The number of furan rings is 1. The molecule has 1 aromatic carbocycles. The number of fused-ring (bicyclic) bond motifs is 1. The Hall–Kier alpha value is -3.39. The molecule has 3 aromatic heterocycles. The molecule has 0 radical (unpaired) electrons. The van der Waals surface area contributed by atoms with Crippen LogP contribution in [0.4, 0.5) is 5.13 Å². The third-order valence-electron chi connectivity index (χ3n) is 3.86. The van der Waals surface area contributed by atoms with Crippen molar-refractivity contribution in [2.24, 2.45) is 5.73 Å². The van der Waals surface area contributed by atoms with Crippen LogP contribution in [0, 0.1) is 6.92 Å². The molecule has 4 N–H and O–H groups in total. The monoisotopic (exact) mass is 366 g/mol. The molecule has 0 spiro atoms. The normalized spacial score (nSPS) is 11.0. The third kappa shape index (κ3) is 2.98. The fraction of sp³-hybridized carbons (Fsp3) is 0.0556. The second kappa shape index (κ2) is 6.16. The van der Waals surface area contributed by atoms with Gasteiger partial charge in [0.1, 0.15) is 11.3 Å². The number of nitrogens with one attached hydrogen (secondary N) is 2. The molecule has 2 amide bonds. The zero-order chi connectivity index (χ0) is 18.3. The van der Waals surface area contributed by atoms with Crippen molar-refractivity contribution < 1.29 is 14.0 Å². The predicted octanol–water partition coefficient (Wildman–Crippen LogP) is 3.54. The average Bonchev–Trinajstić information content (AvgIpc) is 3.32. The van der Waals surface area contributed by atoms with Crippen molar-refractivity contribution >= 4 is 39.3 Å². The Labute approximate surface area is 151 Å². The van der Waals surface area contributed by atoms with Gasteiger partial charge in [0.25, 0.3) is 11.8 Å². The van der Waals surface area contributed by atoms with Gasteiger partial charge in [-0.3, -0.25) is 14.9 Å². The van der Waals surface area contributed by atoms with Gasteiger partial charge in [0, 0.05) is 22.5 Å². The van der Waals surface area contributed by atoms with E-state index in [4.69, 9.17) is 10.2 Å². The predicted molar refractivity (Wildman–Crippen MR) is 99.3 cm³/mol. The highest BCUT2D eigenvalue weighted by atomic mass is 32.1. The second-order valence-corrected chi connectivity index (χ2v) is 6.67. The van der Waals surface area contributed by atoms with Crippen LogP contribution in [0.1, 0.15) is 26.6 Å². The van der Waals surface area contributed by atoms with E-state index in [2.05, 4.69) is 15.3 Å². The van der Waals surface area contributed by atoms with Crippen molar-refractivity contribution in [2.45, 2.75) is 6.92 Å². The molecule has 0 aliphatic heterocycles. The molecule has 3 heterocycles. The van der Waals surface area contributed by atoms with Crippen molar-refractivity contribution in [1.29, 1.82) is 0 Å². The molecule has 8 heteroatoms. The number of primary amides is 1. The van der Waals surface area contributed by atoms with E-state index in [0.717, 1.165) is 16.5 Å². The first kappa shape index (κ1) is 16.1. The molecule has 0 atom stereocenters. The summed E-state index contributed by atoms with van der Waals surface area (Å²) in [6.45, 7) is 1.98. The quantitative estimate of drug-likeness (QED) is 0.512. The number of rotatable bonds is 4. The summed E-state index contributed by atoms with van der Waals surface area (Å²) in [7, 11) is 0. The lowest BCUT2D eigenvalue weighted by atomic mass is 10.2. The van der Waals surface area contributed by atoms with Crippen LogP contribution < -0.4 is 11.1 Å². The summed E-state index contributed by atoms with van der Waals surface area (Å²) < 4.78 is 5.59. The van der Waals surface area contributed by atoms with Crippen LogP contribution in [-0.4, -0.2) is 21.8 Å². The zero-order valence-electron chi connectivity index (χ0n) is 13.7. The highest BCUT2D eigenvalue weighted by molar-refractivity contribution is 7.14. The van der Waals surface area contributed by atoms with Crippen molar-refractivity contribution in [1.82, 2.24) is 9.97 Å². The number of nitrogens with two attached hydrogens (primary N) is 1. The van der Waals surface area contributed by atoms with E-state index in [1.165, 1.54) is 11.3 Å². The Morgan fingerprint density at radius 1 is 1.27 bits per heavy atom. The fourth-order valence-electron chi connectivity index (χ4n) is 2.58. The van der Waals surface area contributed by atoms with E-state index in [0.29, 0.717) is 22.1 Å². The first-order chi connectivity index (χ1) is 12.5. The number of aromatic nitrogens is 2. The van der Waals surface area contributed by atoms with Gasteiger partial charge in [-0.15, -0.1) is 11.3 Å². The Bertz CT molecular complexity index is 1140. The van der Waals surface area contributed by atoms with Gasteiger partial charge in [-0.05, 0) is 31.2 Å². The Balaban J connectivity index is 1.54. The number of amides is 2. The summed E-state index contributed by atoms with van der Waals surface area (Å²) in [5.41, 5.74) is 8.63. The number of benzene rings is 1. The number of hydrogen-bond donors (Lipinski definition) is 3. The maximum atomic E-state index is 12.4. The van der Waals surface area contributed by atoms with Crippen LogP contribution in [0.5, 0.6) is 0 Å². The Morgan fingerprint density at radius 2 is 2.12 bits per heavy atom. The number of aromatic amines is 1. The van der Waals surface area contributed by atoms with E-state index in [1.807, 2.05) is 25.1 Å². The van der Waals surface area contributed by atoms with Gasteiger partial charge in [0.05, 0.1) is 5.69 Å². The maximum Gasteiger partial charge on any atom is 0.293 e. The van der Waals surface area contributed by atoms with E-state index in [9.17, 15) is 9.59 Å². The number of H-pyrrole nitrogens is 1. The van der Waals surface area contributed by atoms with Crippen LogP contribution >= 0.6 is 11.3 Å². The number of thiazole rings is 1. The molecule has 7 nitrogen and oxygen atoms in total. The van der Waals surface area contributed by atoms with Crippen molar-refractivity contribution in [3.8, 4) is 11.3 Å². The molecule has 130 valence electrons. The van der Waals surface area contributed by atoms with Gasteiger partial charge in [0.2, 0.25) is 0 Å². The fourth-order valence-corrected chi connectivity index (χ4v) is 3.30. The van der Waals surface area contributed by atoms with Crippen molar-refractivity contribution in [3.05, 3.63) is 58.9 Å². The van der Waals surface area contributed by atoms with Crippen molar-refractivity contribution in [2.75, 3.05) is 5.32 Å². The molecule has 0 aliphatic rings. The van der Waals surface area contributed by atoms with Crippen LogP contribution in [0.2, 0.25) is 0 Å². The number of aryl methyl sites for hydroxylation is 1. The highest BCUT2D eigenvalue weighted by Crippen LogP contribution is 2.27. The molecule has 4 rings (SSSR count). The number of nitrogens with zero attached hydrogens (tertiary/aromatic N) is 1. The van der Waals surface area contributed by atoms with E-state index in [-0.39, 0.29) is 11.7 Å². The number of hydrogen-bond acceptors (Lipinski definition) is 5. The van der Waals surface area contributed by atoms with Gasteiger partial charge >= 0.3 is 0 Å². The molecule has 26 heavy (non-hydrogen) atoms. The number of carbonyl (C=O) groups is 2. The van der Waals surface area contributed by atoms with E-state index < -0.39 is 5.91 Å². The smallest absolute Gasteiger partial charge is 0.293 e. The third-order valence-corrected chi connectivity index (χ3v) is 4.62. The molecule has 0 unspecified atom stereocenters. The summed E-state index contributed by atoms with van der Waals surface area (Å²) in [4.78, 5) is 30.7. The number of carbonyl (C=O) groups excluding carboxylic acids is 2. The number of anilines is 1. The van der Waals surface area contributed by atoms with Crippen LogP contribution in [0.3, 0.4) is 0 Å². The molecular weight excluding hydrogens is 352 g/mol. The van der Waals surface area contributed by atoms with E-state index in [1.54, 1.807) is 23.7 Å². The molecule has 0 saturated carbocycles. The molecule has 0 saturated heterocycles. The minimum absolute atomic E-state index is 0.222. The van der Waals surface area contributed by atoms with Gasteiger partial charge in [-0.2, -0.15) is 0 Å². The van der Waals surface area contributed by atoms with Gasteiger partial charge in [-0.1, -0.05) is 11.6 Å². The SMILES string of the molecule is Cc1ccc2oc(C(=O)Nc3nc(-c4c[nH]c(C(N)=O)c4)cs3)cc2c1. The van der Waals surface area contributed by atoms with Crippen LogP contribution in [0.15, 0.2) is 46.3 Å². The molecule has 4 aromatic rings. The standard InChI is InChI=1S/C18H14N4O3S/c1-9-2-3-14-10(4-9)6-15(25-14)17(24)22-18-21-13(8-26-18)11-5-12(16(19)23)20-7-11/h2-8,20H,1H3,(H2,19,23)(H,21,22,24). The lowest BCUT2D eigenvalue weighted by molar-refractivity contribution is 0.0989. The highest BCUT2D eigenvalue weighted by Gasteiger charge is 2.15. The topological polar surface area (TPSA) is 114 Å². The van der Waals surface area contributed by atoms with Gasteiger partial charge < -0.3 is 15.1 Å². The molecular formula is C18H14N4O3S. The van der Waals surface area contributed by atoms with Gasteiger partial charge in [-0.25, -0.2) is 4.98 Å². The lowest BCUT2D eigenvalue weighted by Crippen LogP contribution is -2.10. The summed E-state index contributed by atoms with van der Waals surface area (Å²) in [6.07, 6.45) is 1.64. The minimum atomic E-state index is -0.542. The van der Waals surface area contributed by atoms with Crippen LogP contribution in [0.25, 0.3) is 22.2 Å². The maximum absolute atomic E-state index is 12.4. The molecule has 0 fully saturated rings. The minimum Gasteiger partial charge on any atom is -0.451 e. The summed E-state index contributed by atoms with van der Waals surface area (Å²) in [5.74, 6) is -0.688. The Kier molecular flexibility index (Phi) is 3.81. The van der Waals surface area contributed by atoms with Gasteiger partial charge in [0.15, 0.2) is 10.9 Å². The summed E-state index contributed by atoms with van der Waals surface area (Å²) in [6, 6.07) is 9.05. The second-order valence-electron chi connectivity index (χ2n) is 5.81. The zero-order valence-corrected chi connectivity index (χ0v) is 14.5. The van der Waals surface area contributed by atoms with Crippen molar-refractivity contribution in [3.63, 3.8) is 0 Å². The lowest BCUT2D eigenvalue weighted by Gasteiger charge is -1.97. The summed E-state index contributed by atoms with van der Waals surface area (Å²) >= 11 is 1.28. The first-order valence-corrected chi connectivity index (χ1v) is 8.63.